The summed E-state index contributed by atoms with van der Waals surface area (Å²) in [5.41, 5.74) is 11.6. The molecular formula is C15H28N6O. The van der Waals surface area contributed by atoms with Crippen molar-refractivity contribution in [3.63, 3.8) is 0 Å². The molecule has 22 heavy (non-hydrogen) atoms. The van der Waals surface area contributed by atoms with Crippen molar-refractivity contribution in [1.29, 1.82) is 0 Å². The van der Waals surface area contributed by atoms with Gasteiger partial charge in [-0.2, -0.15) is 0 Å². The van der Waals surface area contributed by atoms with Crippen LogP contribution in [-0.2, 0) is 11.2 Å². The Labute approximate surface area is 132 Å². The summed E-state index contributed by atoms with van der Waals surface area (Å²) in [6.45, 7) is 1.40. The molecule has 0 bridgehead atoms. The van der Waals surface area contributed by atoms with Gasteiger partial charge in [0, 0.05) is 31.4 Å². The zero-order valence-corrected chi connectivity index (χ0v) is 13.2. The van der Waals surface area contributed by atoms with E-state index in [4.69, 9.17) is 11.5 Å². The number of aromatic nitrogens is 2. The van der Waals surface area contributed by atoms with Gasteiger partial charge >= 0.3 is 0 Å². The third kappa shape index (κ3) is 9.79. The molecule has 0 radical (unpaired) electrons. The van der Waals surface area contributed by atoms with E-state index in [9.17, 15) is 4.79 Å². The van der Waals surface area contributed by atoms with Crippen molar-refractivity contribution >= 4 is 11.9 Å². The molecule has 7 heteroatoms. The number of nitrogens with one attached hydrogen (secondary N) is 2. The molecule has 124 valence electrons. The number of hydrogen-bond acceptors (Lipinski definition) is 3. The first-order valence-corrected chi connectivity index (χ1v) is 7.98. The van der Waals surface area contributed by atoms with E-state index in [0.29, 0.717) is 13.0 Å². The molecule has 0 spiro atoms. The minimum Gasteiger partial charge on any atom is -0.370 e. The number of unbranched alkanes of at least 4 members (excludes halogenated alkanes) is 4. The molecule has 0 fully saturated rings. The molecule has 1 aromatic heterocycles. The second kappa shape index (κ2) is 11.6. The number of aryl methyl sites for hydroxylation is 1. The van der Waals surface area contributed by atoms with Crippen molar-refractivity contribution in [2.45, 2.75) is 51.4 Å². The average molecular weight is 308 g/mol. The van der Waals surface area contributed by atoms with Gasteiger partial charge in [-0.25, -0.2) is 4.98 Å². The summed E-state index contributed by atoms with van der Waals surface area (Å²) >= 11 is 0. The number of amides is 1. The predicted octanol–water partition coefficient (Wildman–Crippen LogP) is 1.07. The Morgan fingerprint density at radius 1 is 1.18 bits per heavy atom. The third-order valence-corrected chi connectivity index (χ3v) is 3.36. The normalized spacial score (nSPS) is 10.4. The quantitative estimate of drug-likeness (QED) is 0.262. The topological polar surface area (TPSA) is 122 Å². The lowest BCUT2D eigenvalue weighted by Gasteiger charge is -2.05. The van der Waals surface area contributed by atoms with Crippen molar-refractivity contribution < 1.29 is 4.79 Å². The van der Waals surface area contributed by atoms with E-state index >= 15 is 0 Å². The number of imidazole rings is 1. The van der Waals surface area contributed by atoms with Crippen LogP contribution in [0.2, 0.25) is 0 Å². The van der Waals surface area contributed by atoms with E-state index in [2.05, 4.69) is 20.3 Å². The second-order valence-corrected chi connectivity index (χ2v) is 5.35. The largest absolute Gasteiger partial charge is 0.370 e. The second-order valence-electron chi connectivity index (χ2n) is 5.35. The Bertz CT molecular complexity index is 425. The third-order valence-electron chi connectivity index (χ3n) is 3.36. The van der Waals surface area contributed by atoms with Gasteiger partial charge in [-0.15, -0.1) is 0 Å². The number of nitrogens with zero attached hydrogens (tertiary/aromatic N) is 2. The standard InChI is InChI=1S/C15H28N6O/c16-15(17)20-10-6-2-4-8-14(22)19-9-5-1-3-7-13-11-18-12-21-13/h11-12H,1-10H2,(H,18,21)(H,19,22)(H4,16,17,20). The summed E-state index contributed by atoms with van der Waals surface area (Å²) in [5, 5.41) is 2.96. The van der Waals surface area contributed by atoms with E-state index < -0.39 is 0 Å². The lowest BCUT2D eigenvalue weighted by molar-refractivity contribution is -0.121. The number of carbonyl (C=O) groups excluding carboxylic acids is 1. The van der Waals surface area contributed by atoms with Crippen LogP contribution in [-0.4, -0.2) is 34.9 Å². The molecule has 0 aliphatic carbocycles. The van der Waals surface area contributed by atoms with Crippen LogP contribution in [0.25, 0.3) is 0 Å². The van der Waals surface area contributed by atoms with Crippen molar-refractivity contribution in [1.82, 2.24) is 15.3 Å². The highest BCUT2D eigenvalue weighted by Crippen LogP contribution is 2.03. The number of guanidine groups is 1. The highest BCUT2D eigenvalue weighted by molar-refractivity contribution is 5.76. The van der Waals surface area contributed by atoms with Crippen molar-refractivity contribution in [2.24, 2.45) is 16.5 Å². The molecule has 1 rings (SSSR count). The van der Waals surface area contributed by atoms with Crippen LogP contribution in [0.15, 0.2) is 17.5 Å². The molecule has 1 aromatic rings. The number of rotatable bonds is 12. The first-order chi connectivity index (χ1) is 10.7. The summed E-state index contributed by atoms with van der Waals surface area (Å²) in [7, 11) is 0. The first-order valence-electron chi connectivity index (χ1n) is 7.98. The maximum Gasteiger partial charge on any atom is 0.219 e. The van der Waals surface area contributed by atoms with E-state index in [1.807, 2.05) is 6.20 Å². The molecule has 1 amide bonds. The van der Waals surface area contributed by atoms with Crippen LogP contribution in [0.3, 0.4) is 0 Å². The Morgan fingerprint density at radius 3 is 2.73 bits per heavy atom. The van der Waals surface area contributed by atoms with E-state index in [-0.39, 0.29) is 11.9 Å². The fourth-order valence-corrected chi connectivity index (χ4v) is 2.14. The number of carbonyl (C=O) groups is 1. The maximum absolute atomic E-state index is 11.6. The fraction of sp³-hybridized carbons (Fsp3) is 0.667. The van der Waals surface area contributed by atoms with Crippen molar-refractivity contribution in [3.8, 4) is 0 Å². The molecule has 0 saturated carbocycles. The Morgan fingerprint density at radius 2 is 2.00 bits per heavy atom. The van der Waals surface area contributed by atoms with Crippen molar-refractivity contribution in [3.05, 3.63) is 18.2 Å². The molecule has 0 saturated heterocycles. The molecule has 6 N–H and O–H groups in total. The van der Waals surface area contributed by atoms with Gasteiger partial charge in [-0.05, 0) is 32.1 Å². The molecule has 0 atom stereocenters. The number of nitrogens with two attached hydrogens (primary N) is 2. The van der Waals surface area contributed by atoms with E-state index in [1.54, 1.807) is 6.33 Å². The van der Waals surface area contributed by atoms with Crippen LogP contribution < -0.4 is 16.8 Å². The lowest BCUT2D eigenvalue weighted by atomic mass is 10.1. The summed E-state index contributed by atoms with van der Waals surface area (Å²) in [6, 6.07) is 0. The Balaban J connectivity index is 1.86. The van der Waals surface area contributed by atoms with Crippen molar-refractivity contribution in [2.75, 3.05) is 13.1 Å². The van der Waals surface area contributed by atoms with Gasteiger partial charge in [-0.1, -0.05) is 12.8 Å². The van der Waals surface area contributed by atoms with Crippen LogP contribution in [0.5, 0.6) is 0 Å². The zero-order valence-electron chi connectivity index (χ0n) is 13.2. The summed E-state index contributed by atoms with van der Waals surface area (Å²) in [5.74, 6) is 0.265. The lowest BCUT2D eigenvalue weighted by Crippen LogP contribution is -2.24. The van der Waals surface area contributed by atoms with E-state index in [1.165, 1.54) is 5.69 Å². The first kappa shape index (κ1) is 18.0. The van der Waals surface area contributed by atoms with Crippen LogP contribution in [0.1, 0.15) is 50.6 Å². The van der Waals surface area contributed by atoms with Gasteiger partial charge in [-0.3, -0.25) is 9.79 Å². The van der Waals surface area contributed by atoms with Gasteiger partial charge in [0.05, 0.1) is 6.33 Å². The number of aliphatic imine (C=N–C) groups is 1. The minimum atomic E-state index is 0.130. The van der Waals surface area contributed by atoms with Gasteiger partial charge in [0.15, 0.2) is 5.96 Å². The molecule has 0 aromatic carbocycles. The SMILES string of the molecule is NC(N)=NCCCCCC(=O)NCCCCCc1cnc[nH]1. The molecule has 0 aliphatic rings. The van der Waals surface area contributed by atoms with Gasteiger partial charge in [0.1, 0.15) is 0 Å². The van der Waals surface area contributed by atoms with Crippen LogP contribution >= 0.6 is 0 Å². The highest BCUT2D eigenvalue weighted by Gasteiger charge is 2.00. The van der Waals surface area contributed by atoms with E-state index in [0.717, 1.165) is 51.5 Å². The molecule has 1 heterocycles. The monoisotopic (exact) mass is 308 g/mol. The molecule has 7 nitrogen and oxygen atoms in total. The van der Waals surface area contributed by atoms with Gasteiger partial charge in [0.2, 0.25) is 5.91 Å². The molecule has 0 unspecified atom stereocenters. The summed E-state index contributed by atoms with van der Waals surface area (Å²) in [6.07, 6.45) is 11.2. The minimum absolute atomic E-state index is 0.130. The van der Waals surface area contributed by atoms with Crippen LogP contribution in [0, 0.1) is 0 Å². The van der Waals surface area contributed by atoms with Gasteiger partial charge < -0.3 is 21.8 Å². The Hall–Kier alpha value is -2.05. The smallest absolute Gasteiger partial charge is 0.219 e. The zero-order chi connectivity index (χ0) is 16.0. The fourth-order valence-electron chi connectivity index (χ4n) is 2.14. The number of H-pyrrole nitrogens is 1. The number of hydrogen-bond donors (Lipinski definition) is 4. The Kier molecular flexibility index (Phi) is 9.48. The highest BCUT2D eigenvalue weighted by atomic mass is 16.1. The molecule has 0 aliphatic heterocycles. The van der Waals surface area contributed by atoms with Gasteiger partial charge in [0.25, 0.3) is 0 Å². The molecular weight excluding hydrogens is 280 g/mol. The average Bonchev–Trinajstić information content (AvgIpc) is 2.99. The van der Waals surface area contributed by atoms with Crippen LogP contribution in [0.4, 0.5) is 0 Å². The summed E-state index contributed by atoms with van der Waals surface area (Å²) < 4.78 is 0. The predicted molar refractivity (Wildman–Crippen MR) is 88.3 cm³/mol. The summed E-state index contributed by atoms with van der Waals surface area (Å²) in [4.78, 5) is 22.6. The number of aromatic amines is 1. The maximum atomic E-state index is 11.6.